The molecule has 182 valence electrons. The highest BCUT2D eigenvalue weighted by molar-refractivity contribution is 5.63. The van der Waals surface area contributed by atoms with Gasteiger partial charge in [-0.1, -0.05) is 12.1 Å². The molecule has 0 aliphatic carbocycles. The van der Waals surface area contributed by atoms with Crippen molar-refractivity contribution in [2.24, 2.45) is 0 Å². The lowest BCUT2D eigenvalue weighted by atomic mass is 10.0. The Morgan fingerprint density at radius 2 is 1.80 bits per heavy atom. The molecule has 3 heterocycles. The van der Waals surface area contributed by atoms with Gasteiger partial charge in [-0.25, -0.2) is 33.1 Å². The maximum atomic E-state index is 14.4. The van der Waals surface area contributed by atoms with Gasteiger partial charge in [-0.15, -0.1) is 0 Å². The van der Waals surface area contributed by atoms with Crippen molar-refractivity contribution in [3.8, 4) is 16.9 Å². The summed E-state index contributed by atoms with van der Waals surface area (Å²) in [7, 11) is 0. The zero-order valence-corrected chi connectivity index (χ0v) is 18.2. The molecule has 1 N–H and O–H groups in total. The highest BCUT2D eigenvalue weighted by Gasteiger charge is 2.35. The molecular weight excluding hydrogens is 475 g/mol. The van der Waals surface area contributed by atoms with Gasteiger partial charge in [0.25, 0.3) is 0 Å². The number of hydrogen-bond donors (Lipinski definition) is 1. The average Bonchev–Trinajstić information content (AvgIpc) is 3.20. The first-order chi connectivity index (χ1) is 16.6. The summed E-state index contributed by atoms with van der Waals surface area (Å²) >= 11 is 0. The number of rotatable bonds is 6. The second kappa shape index (κ2) is 9.24. The SMILES string of the molecule is C[C@H](F)c1coc(=O)n1-c1ccnc(N[C@@H](C)c2ncc(-c3cccc(C(F)(F)F)c3F)cn2)n1. The summed E-state index contributed by atoms with van der Waals surface area (Å²) < 4.78 is 72.9. The molecule has 0 bridgehead atoms. The summed E-state index contributed by atoms with van der Waals surface area (Å²) in [6, 6.07) is 3.76. The normalized spacial score (nSPS) is 13.5. The third-order valence-electron chi connectivity index (χ3n) is 5.02. The molecule has 0 unspecified atom stereocenters. The van der Waals surface area contributed by atoms with Gasteiger partial charge in [0.15, 0.2) is 0 Å². The fraction of sp³-hybridized carbons (Fsp3) is 0.227. The Kier molecular flexibility index (Phi) is 6.33. The van der Waals surface area contributed by atoms with Crippen LogP contribution in [0, 0.1) is 5.82 Å². The van der Waals surface area contributed by atoms with Crippen LogP contribution in [0.5, 0.6) is 0 Å². The predicted molar refractivity (Wildman–Crippen MR) is 114 cm³/mol. The van der Waals surface area contributed by atoms with E-state index in [9.17, 15) is 26.7 Å². The Morgan fingerprint density at radius 1 is 1.09 bits per heavy atom. The van der Waals surface area contributed by atoms with Gasteiger partial charge in [0.2, 0.25) is 5.95 Å². The lowest BCUT2D eigenvalue weighted by Crippen LogP contribution is -2.18. The highest BCUT2D eigenvalue weighted by atomic mass is 19.4. The number of nitrogens with one attached hydrogen (secondary N) is 1. The second-order valence-electron chi connectivity index (χ2n) is 7.48. The number of anilines is 1. The van der Waals surface area contributed by atoms with Gasteiger partial charge in [-0.05, 0) is 19.9 Å². The molecule has 0 fully saturated rings. The van der Waals surface area contributed by atoms with E-state index in [1.165, 1.54) is 37.6 Å². The van der Waals surface area contributed by atoms with E-state index in [1.807, 2.05) is 0 Å². The minimum atomic E-state index is -4.83. The molecule has 8 nitrogen and oxygen atoms in total. The molecule has 0 aliphatic heterocycles. The van der Waals surface area contributed by atoms with E-state index in [4.69, 9.17) is 4.42 Å². The van der Waals surface area contributed by atoms with Crippen LogP contribution in [-0.4, -0.2) is 24.5 Å². The summed E-state index contributed by atoms with van der Waals surface area (Å²) in [6.07, 6.45) is -1.55. The molecule has 35 heavy (non-hydrogen) atoms. The lowest BCUT2D eigenvalue weighted by molar-refractivity contribution is -0.139. The molecule has 1 aromatic carbocycles. The second-order valence-corrected chi connectivity index (χ2v) is 7.48. The van der Waals surface area contributed by atoms with E-state index in [2.05, 4.69) is 25.3 Å². The molecule has 0 amide bonds. The van der Waals surface area contributed by atoms with Gasteiger partial charge in [0.05, 0.1) is 11.6 Å². The van der Waals surface area contributed by atoms with Crippen LogP contribution in [-0.2, 0) is 6.18 Å². The number of halogens is 5. The van der Waals surface area contributed by atoms with Crippen LogP contribution in [0.2, 0.25) is 0 Å². The Hall–Kier alpha value is -4.16. The fourth-order valence-electron chi connectivity index (χ4n) is 3.30. The third-order valence-corrected chi connectivity index (χ3v) is 5.02. The minimum Gasteiger partial charge on any atom is -0.416 e. The average molecular weight is 492 g/mol. The van der Waals surface area contributed by atoms with Crippen molar-refractivity contribution < 1.29 is 26.4 Å². The summed E-state index contributed by atoms with van der Waals surface area (Å²) in [6.45, 7) is 2.91. The van der Waals surface area contributed by atoms with Crippen LogP contribution in [0.15, 0.2) is 58.3 Å². The predicted octanol–water partition coefficient (Wildman–Crippen LogP) is 5.04. The van der Waals surface area contributed by atoms with Crippen molar-refractivity contribution in [2.45, 2.75) is 32.2 Å². The smallest absolute Gasteiger partial charge is 0.416 e. The van der Waals surface area contributed by atoms with E-state index in [1.54, 1.807) is 6.92 Å². The maximum absolute atomic E-state index is 14.4. The minimum absolute atomic E-state index is 0.0200. The van der Waals surface area contributed by atoms with Crippen LogP contribution in [0.25, 0.3) is 16.9 Å². The number of hydrogen-bond acceptors (Lipinski definition) is 7. The quantitative estimate of drug-likeness (QED) is 0.377. The van der Waals surface area contributed by atoms with Crippen molar-refractivity contribution in [2.75, 3.05) is 5.32 Å². The zero-order valence-electron chi connectivity index (χ0n) is 18.2. The molecule has 0 aliphatic rings. The zero-order chi connectivity index (χ0) is 25.3. The van der Waals surface area contributed by atoms with Crippen molar-refractivity contribution >= 4 is 5.95 Å². The maximum Gasteiger partial charge on any atom is 0.425 e. The van der Waals surface area contributed by atoms with Crippen molar-refractivity contribution in [3.05, 3.63) is 82.6 Å². The van der Waals surface area contributed by atoms with E-state index >= 15 is 0 Å². The van der Waals surface area contributed by atoms with Gasteiger partial charge >= 0.3 is 11.9 Å². The summed E-state index contributed by atoms with van der Waals surface area (Å²) in [5.74, 6) is -1.87. The number of nitrogens with zero attached hydrogens (tertiary/aromatic N) is 5. The molecule has 0 spiro atoms. The van der Waals surface area contributed by atoms with Crippen LogP contribution >= 0.6 is 0 Å². The Bertz CT molecular complexity index is 1400. The summed E-state index contributed by atoms with van der Waals surface area (Å²) in [5.41, 5.74) is -1.62. The van der Waals surface area contributed by atoms with Crippen LogP contribution < -0.4 is 11.1 Å². The van der Waals surface area contributed by atoms with E-state index < -0.39 is 35.5 Å². The Balaban J connectivity index is 1.56. The fourth-order valence-corrected chi connectivity index (χ4v) is 3.30. The lowest BCUT2D eigenvalue weighted by Gasteiger charge is -2.14. The first-order valence-corrected chi connectivity index (χ1v) is 10.2. The van der Waals surface area contributed by atoms with Gasteiger partial charge < -0.3 is 9.73 Å². The largest absolute Gasteiger partial charge is 0.425 e. The van der Waals surface area contributed by atoms with Crippen LogP contribution in [0.1, 0.15) is 43.1 Å². The van der Waals surface area contributed by atoms with Gasteiger partial charge in [0, 0.05) is 35.8 Å². The number of alkyl halides is 4. The first kappa shape index (κ1) is 24.0. The van der Waals surface area contributed by atoms with Gasteiger partial charge in [0.1, 0.15) is 35.6 Å². The van der Waals surface area contributed by atoms with Crippen LogP contribution in [0.3, 0.4) is 0 Å². The van der Waals surface area contributed by atoms with Crippen molar-refractivity contribution in [1.29, 1.82) is 0 Å². The highest BCUT2D eigenvalue weighted by Crippen LogP contribution is 2.35. The number of aromatic nitrogens is 5. The molecular formula is C22H17F5N6O2. The van der Waals surface area contributed by atoms with Crippen molar-refractivity contribution in [3.63, 3.8) is 0 Å². The molecule has 0 saturated heterocycles. The van der Waals surface area contributed by atoms with Gasteiger partial charge in [-0.3, -0.25) is 0 Å². The molecule has 0 radical (unpaired) electrons. The van der Waals surface area contributed by atoms with Crippen LogP contribution in [0.4, 0.5) is 27.9 Å². The number of oxazole rings is 1. The van der Waals surface area contributed by atoms with Crippen molar-refractivity contribution in [1.82, 2.24) is 24.5 Å². The summed E-state index contributed by atoms with van der Waals surface area (Å²) in [4.78, 5) is 28.5. The summed E-state index contributed by atoms with van der Waals surface area (Å²) in [5, 5.41) is 2.92. The molecule has 2 atom stereocenters. The molecule has 4 aromatic rings. The topological polar surface area (TPSA) is 98.7 Å². The first-order valence-electron chi connectivity index (χ1n) is 10.2. The van der Waals surface area contributed by atoms with E-state index in [0.717, 1.165) is 16.9 Å². The molecule has 3 aromatic heterocycles. The monoisotopic (exact) mass is 492 g/mol. The van der Waals surface area contributed by atoms with E-state index in [-0.39, 0.29) is 34.4 Å². The Labute approximate surface area is 194 Å². The molecule has 4 rings (SSSR count). The molecule has 0 saturated carbocycles. The van der Waals surface area contributed by atoms with E-state index in [0.29, 0.717) is 6.07 Å². The third kappa shape index (κ3) is 4.88. The Morgan fingerprint density at radius 3 is 2.46 bits per heavy atom. The van der Waals surface area contributed by atoms with Gasteiger partial charge in [-0.2, -0.15) is 18.2 Å². The molecule has 13 heteroatoms. The standard InChI is InChI=1S/C22H17F5N6O2/c1-11(23)16-10-35-21(34)33(16)17-6-7-28-20(32-17)31-12(2)19-29-8-13(9-30-19)14-4-3-5-15(18(14)24)22(25,26)27/h3-12H,1-2H3,(H,28,31,32)/t11-,12-/m0/s1. The number of benzene rings is 1.